The number of nitrogens with one attached hydrogen (secondary N) is 1. The molecule has 216 valence electrons. The van der Waals surface area contributed by atoms with Gasteiger partial charge in [-0.3, -0.25) is 0 Å². The second-order valence-electron chi connectivity index (χ2n) is 11.6. The molecule has 0 spiro atoms. The van der Waals surface area contributed by atoms with E-state index in [4.69, 9.17) is 4.74 Å². The SMILES string of the molecule is CCOC(=O)C1=C(Nc2ccc(C(C)C)cc2)CC(c2ccccc2)N(c2ccc(C(C)C)cc2)C1c1ccccc1. The van der Waals surface area contributed by atoms with E-state index in [9.17, 15) is 4.79 Å². The second-order valence-corrected chi connectivity index (χ2v) is 11.6. The summed E-state index contributed by atoms with van der Waals surface area (Å²) in [6, 6.07) is 37.9. The summed E-state index contributed by atoms with van der Waals surface area (Å²) in [5.41, 5.74) is 8.39. The maximum absolute atomic E-state index is 13.9. The summed E-state index contributed by atoms with van der Waals surface area (Å²) in [4.78, 5) is 16.4. The lowest BCUT2D eigenvalue weighted by molar-refractivity contribution is -0.139. The highest BCUT2D eigenvalue weighted by molar-refractivity contribution is 5.93. The number of esters is 1. The Labute approximate surface area is 251 Å². The fourth-order valence-corrected chi connectivity index (χ4v) is 5.85. The van der Waals surface area contributed by atoms with Gasteiger partial charge in [0, 0.05) is 23.5 Å². The van der Waals surface area contributed by atoms with E-state index >= 15 is 0 Å². The van der Waals surface area contributed by atoms with Crippen LogP contribution in [0.15, 0.2) is 120 Å². The number of hydrogen-bond acceptors (Lipinski definition) is 4. The molecular weight excluding hydrogens is 516 g/mol. The van der Waals surface area contributed by atoms with Gasteiger partial charge in [-0.05, 0) is 65.3 Å². The second kappa shape index (κ2) is 13.1. The summed E-state index contributed by atoms with van der Waals surface area (Å²) in [6.07, 6.45) is 0.624. The number of carbonyl (C=O) groups excluding carboxylic acids is 1. The molecule has 4 heteroatoms. The average molecular weight is 559 g/mol. The van der Waals surface area contributed by atoms with Gasteiger partial charge in [-0.15, -0.1) is 0 Å². The van der Waals surface area contributed by atoms with Crippen molar-refractivity contribution in [1.29, 1.82) is 0 Å². The Morgan fingerprint density at radius 2 is 1.29 bits per heavy atom. The van der Waals surface area contributed by atoms with Gasteiger partial charge in [-0.2, -0.15) is 0 Å². The fourth-order valence-electron chi connectivity index (χ4n) is 5.85. The Morgan fingerprint density at radius 3 is 1.81 bits per heavy atom. The zero-order valence-electron chi connectivity index (χ0n) is 25.4. The molecule has 0 aromatic heterocycles. The van der Waals surface area contributed by atoms with Crippen LogP contribution in [0.5, 0.6) is 0 Å². The molecule has 1 heterocycles. The minimum Gasteiger partial charge on any atom is -0.463 e. The minimum absolute atomic E-state index is 0.0167. The normalized spacial score (nSPS) is 17.1. The molecule has 0 bridgehead atoms. The van der Waals surface area contributed by atoms with Crippen molar-refractivity contribution in [3.8, 4) is 0 Å². The van der Waals surface area contributed by atoms with Crippen molar-refractivity contribution in [2.45, 2.75) is 65.0 Å². The van der Waals surface area contributed by atoms with Crippen LogP contribution in [-0.2, 0) is 9.53 Å². The van der Waals surface area contributed by atoms with Crippen LogP contribution in [-0.4, -0.2) is 12.6 Å². The van der Waals surface area contributed by atoms with Crippen LogP contribution in [0.2, 0.25) is 0 Å². The summed E-state index contributed by atoms with van der Waals surface area (Å²) in [6.45, 7) is 11.0. The van der Waals surface area contributed by atoms with Gasteiger partial charge in [0.1, 0.15) is 0 Å². The predicted molar refractivity (Wildman–Crippen MR) is 174 cm³/mol. The van der Waals surface area contributed by atoms with E-state index in [-0.39, 0.29) is 18.1 Å². The first-order chi connectivity index (χ1) is 20.4. The Hall–Kier alpha value is -4.31. The van der Waals surface area contributed by atoms with Crippen LogP contribution >= 0.6 is 0 Å². The van der Waals surface area contributed by atoms with Gasteiger partial charge in [0.25, 0.3) is 0 Å². The molecule has 2 unspecified atom stereocenters. The highest BCUT2D eigenvalue weighted by atomic mass is 16.5. The highest BCUT2D eigenvalue weighted by Gasteiger charge is 2.41. The molecule has 0 aliphatic carbocycles. The zero-order valence-corrected chi connectivity index (χ0v) is 25.4. The summed E-state index contributed by atoms with van der Waals surface area (Å²) in [5.74, 6) is 0.592. The van der Waals surface area contributed by atoms with Crippen LogP contribution in [0, 0.1) is 0 Å². The van der Waals surface area contributed by atoms with Gasteiger partial charge in [-0.1, -0.05) is 113 Å². The van der Waals surface area contributed by atoms with E-state index in [0.29, 0.717) is 30.4 Å². The van der Waals surface area contributed by atoms with Crippen molar-refractivity contribution in [3.05, 3.63) is 143 Å². The Bertz CT molecular complexity index is 1490. The monoisotopic (exact) mass is 558 g/mol. The van der Waals surface area contributed by atoms with E-state index < -0.39 is 0 Å². The summed E-state index contributed by atoms with van der Waals surface area (Å²) < 4.78 is 5.76. The van der Waals surface area contributed by atoms with E-state index in [2.05, 4.69) is 129 Å². The lowest BCUT2D eigenvalue weighted by Gasteiger charge is -2.46. The molecule has 1 aliphatic heterocycles. The molecule has 0 fully saturated rings. The first-order valence-corrected chi connectivity index (χ1v) is 15.1. The van der Waals surface area contributed by atoms with Gasteiger partial charge in [0.15, 0.2) is 0 Å². The largest absolute Gasteiger partial charge is 0.463 e. The lowest BCUT2D eigenvalue weighted by Crippen LogP contribution is -2.41. The minimum atomic E-state index is -0.355. The number of benzene rings is 4. The van der Waals surface area contributed by atoms with Crippen molar-refractivity contribution < 1.29 is 9.53 Å². The third-order valence-corrected chi connectivity index (χ3v) is 8.14. The van der Waals surface area contributed by atoms with Gasteiger partial charge in [0.05, 0.1) is 24.3 Å². The molecule has 0 saturated carbocycles. The Kier molecular flexibility index (Phi) is 9.12. The topological polar surface area (TPSA) is 41.6 Å². The van der Waals surface area contributed by atoms with Crippen LogP contribution in [0.3, 0.4) is 0 Å². The molecule has 0 saturated heterocycles. The zero-order chi connectivity index (χ0) is 29.6. The Morgan fingerprint density at radius 1 is 0.762 bits per heavy atom. The third kappa shape index (κ3) is 6.28. The van der Waals surface area contributed by atoms with E-state index in [1.54, 1.807) is 0 Å². The van der Waals surface area contributed by atoms with E-state index in [0.717, 1.165) is 22.6 Å². The lowest BCUT2D eigenvalue weighted by atomic mass is 9.84. The number of hydrogen-bond donors (Lipinski definition) is 1. The molecule has 42 heavy (non-hydrogen) atoms. The average Bonchev–Trinajstić information content (AvgIpc) is 3.01. The Balaban J connectivity index is 1.73. The van der Waals surface area contributed by atoms with Crippen LogP contribution in [0.4, 0.5) is 11.4 Å². The van der Waals surface area contributed by atoms with E-state index in [1.807, 2.05) is 25.1 Å². The van der Waals surface area contributed by atoms with Gasteiger partial charge in [0.2, 0.25) is 0 Å². The number of anilines is 2. The maximum atomic E-state index is 13.9. The standard InChI is InChI=1S/C38H42N2O2/c1-6-42-38(41)36-34(39-32-21-17-28(18-22-32)26(2)3)25-35(30-13-9-7-10-14-30)40(37(36)31-15-11-8-12-16-31)33-23-19-29(20-24-33)27(4)5/h7-24,26-27,35,37,39H,6,25H2,1-5H3. The number of carbonyl (C=O) groups is 1. The summed E-state index contributed by atoms with van der Waals surface area (Å²) in [5, 5.41) is 3.68. The molecule has 1 aliphatic rings. The first-order valence-electron chi connectivity index (χ1n) is 15.1. The molecule has 0 amide bonds. The van der Waals surface area contributed by atoms with Crippen molar-refractivity contribution in [2.24, 2.45) is 0 Å². The molecule has 1 N–H and O–H groups in total. The third-order valence-electron chi connectivity index (χ3n) is 8.14. The van der Waals surface area contributed by atoms with E-state index in [1.165, 1.54) is 16.7 Å². The smallest absolute Gasteiger partial charge is 0.338 e. The molecule has 4 nitrogen and oxygen atoms in total. The van der Waals surface area contributed by atoms with Crippen molar-refractivity contribution in [2.75, 3.05) is 16.8 Å². The molecular formula is C38H42N2O2. The molecule has 4 aromatic rings. The highest BCUT2D eigenvalue weighted by Crippen LogP contribution is 2.48. The quantitative estimate of drug-likeness (QED) is 0.208. The van der Waals surface area contributed by atoms with Crippen LogP contribution in [0.25, 0.3) is 0 Å². The predicted octanol–water partition coefficient (Wildman–Crippen LogP) is 9.56. The summed E-state index contributed by atoms with van der Waals surface area (Å²) >= 11 is 0. The fraction of sp³-hybridized carbons (Fsp3) is 0.289. The van der Waals surface area contributed by atoms with Crippen LogP contribution < -0.4 is 10.2 Å². The molecule has 2 atom stereocenters. The molecule has 5 rings (SSSR count). The van der Waals surface area contributed by atoms with Crippen LogP contribution in [0.1, 0.15) is 87.2 Å². The number of rotatable bonds is 9. The van der Waals surface area contributed by atoms with Gasteiger partial charge in [-0.25, -0.2) is 4.79 Å². The maximum Gasteiger partial charge on any atom is 0.338 e. The molecule has 4 aromatic carbocycles. The number of nitrogens with zero attached hydrogens (tertiary/aromatic N) is 1. The van der Waals surface area contributed by atoms with Crippen molar-refractivity contribution in [1.82, 2.24) is 0 Å². The van der Waals surface area contributed by atoms with Gasteiger partial charge < -0.3 is 15.0 Å². The van der Waals surface area contributed by atoms with Crippen molar-refractivity contribution in [3.63, 3.8) is 0 Å². The van der Waals surface area contributed by atoms with Crippen molar-refractivity contribution >= 4 is 17.3 Å². The van der Waals surface area contributed by atoms with Gasteiger partial charge >= 0.3 is 5.97 Å². The number of ether oxygens (including phenoxy) is 1. The first kappa shape index (κ1) is 29.2. The molecule has 0 radical (unpaired) electrons. The summed E-state index contributed by atoms with van der Waals surface area (Å²) in [7, 11) is 0.